The molecule has 1 amide bonds. The molecule has 0 aliphatic heterocycles. The number of thioether (sulfide) groups is 2. The molecular formula is C16H22ClNOS2. The van der Waals surface area contributed by atoms with Crippen molar-refractivity contribution in [2.75, 3.05) is 18.1 Å². The van der Waals surface area contributed by atoms with Crippen molar-refractivity contribution in [3.8, 4) is 0 Å². The lowest BCUT2D eigenvalue weighted by Crippen LogP contribution is -2.26. The molecule has 0 saturated heterocycles. The average molecular weight is 344 g/mol. The van der Waals surface area contributed by atoms with Crippen LogP contribution < -0.4 is 5.32 Å². The van der Waals surface area contributed by atoms with Crippen LogP contribution in [0.2, 0.25) is 5.02 Å². The number of amides is 1. The minimum atomic E-state index is 0.156. The molecule has 0 aromatic heterocycles. The van der Waals surface area contributed by atoms with Gasteiger partial charge in [0.2, 0.25) is 5.91 Å². The molecule has 1 aliphatic rings. The second kappa shape index (κ2) is 9.65. The summed E-state index contributed by atoms with van der Waals surface area (Å²) >= 11 is 9.55. The Labute approximate surface area is 140 Å². The molecule has 0 radical (unpaired) electrons. The third-order valence-electron chi connectivity index (χ3n) is 3.49. The molecule has 21 heavy (non-hydrogen) atoms. The Morgan fingerprint density at radius 1 is 1.19 bits per heavy atom. The number of nitrogens with one attached hydrogen (secondary N) is 1. The van der Waals surface area contributed by atoms with Gasteiger partial charge in [0.25, 0.3) is 0 Å². The van der Waals surface area contributed by atoms with Gasteiger partial charge in [0.05, 0.1) is 0 Å². The normalized spacial score (nSPS) is 15.3. The molecule has 0 heterocycles. The van der Waals surface area contributed by atoms with E-state index in [1.54, 1.807) is 11.8 Å². The van der Waals surface area contributed by atoms with Crippen LogP contribution in [0.25, 0.3) is 0 Å². The lowest BCUT2D eigenvalue weighted by atomic mass is 10.4. The second-order valence-electron chi connectivity index (χ2n) is 5.18. The lowest BCUT2D eigenvalue weighted by Gasteiger charge is -2.09. The summed E-state index contributed by atoms with van der Waals surface area (Å²) in [5.74, 6) is 2.01. The molecule has 1 aliphatic carbocycles. The van der Waals surface area contributed by atoms with Gasteiger partial charge >= 0.3 is 0 Å². The number of carbonyl (C=O) groups excluding carboxylic acids is 1. The summed E-state index contributed by atoms with van der Waals surface area (Å²) in [5.41, 5.74) is 0. The fraction of sp³-hybridized carbons (Fsp3) is 0.562. The van der Waals surface area contributed by atoms with Crippen molar-refractivity contribution in [1.82, 2.24) is 5.32 Å². The van der Waals surface area contributed by atoms with E-state index in [0.717, 1.165) is 33.2 Å². The van der Waals surface area contributed by atoms with Gasteiger partial charge in [0.1, 0.15) is 0 Å². The zero-order chi connectivity index (χ0) is 14.9. The molecule has 0 atom stereocenters. The van der Waals surface area contributed by atoms with Gasteiger partial charge in [-0.1, -0.05) is 24.4 Å². The maximum Gasteiger partial charge on any atom is 0.220 e. The number of halogens is 1. The molecule has 0 bridgehead atoms. The fourth-order valence-corrected chi connectivity index (χ4v) is 4.55. The standard InChI is InChI=1S/C16H22ClNOS2/c17-13-5-7-15(8-6-13)20-11-9-16(19)18-10-12-21-14-3-1-2-4-14/h5-8,14H,1-4,9-12H2,(H,18,19). The zero-order valence-corrected chi connectivity index (χ0v) is 14.5. The van der Waals surface area contributed by atoms with Gasteiger partial charge in [-0.05, 0) is 37.1 Å². The van der Waals surface area contributed by atoms with Crippen LogP contribution in [-0.4, -0.2) is 29.2 Å². The van der Waals surface area contributed by atoms with Gasteiger partial charge in [-0.3, -0.25) is 4.79 Å². The Balaban J connectivity index is 1.50. The zero-order valence-electron chi connectivity index (χ0n) is 12.1. The highest BCUT2D eigenvalue weighted by molar-refractivity contribution is 8.00. The number of carbonyl (C=O) groups is 1. The summed E-state index contributed by atoms with van der Waals surface area (Å²) in [6.07, 6.45) is 6.05. The maximum absolute atomic E-state index is 11.7. The SMILES string of the molecule is O=C(CCSc1ccc(Cl)cc1)NCCSC1CCCC1. The van der Waals surface area contributed by atoms with E-state index in [-0.39, 0.29) is 5.91 Å². The van der Waals surface area contributed by atoms with Crippen molar-refractivity contribution in [3.63, 3.8) is 0 Å². The highest BCUT2D eigenvalue weighted by Crippen LogP contribution is 2.28. The predicted octanol–water partition coefficient (Wildman–Crippen LogP) is 4.61. The van der Waals surface area contributed by atoms with E-state index in [4.69, 9.17) is 11.6 Å². The predicted molar refractivity (Wildman–Crippen MR) is 94.5 cm³/mol. The minimum absolute atomic E-state index is 0.156. The molecule has 1 N–H and O–H groups in total. The Bertz CT molecular complexity index is 432. The van der Waals surface area contributed by atoms with Gasteiger partial charge in [-0.2, -0.15) is 11.8 Å². The first-order chi connectivity index (χ1) is 10.2. The van der Waals surface area contributed by atoms with Crippen molar-refractivity contribution in [1.29, 1.82) is 0 Å². The first-order valence-electron chi connectivity index (χ1n) is 7.51. The topological polar surface area (TPSA) is 29.1 Å². The van der Waals surface area contributed by atoms with Crippen LogP contribution in [0.15, 0.2) is 29.2 Å². The molecule has 1 aromatic carbocycles. The molecule has 2 nitrogen and oxygen atoms in total. The third-order valence-corrected chi connectivity index (χ3v) is 6.14. The van der Waals surface area contributed by atoms with Crippen LogP contribution in [0, 0.1) is 0 Å². The van der Waals surface area contributed by atoms with Crippen LogP contribution in [0.4, 0.5) is 0 Å². The molecule has 2 rings (SSSR count). The van der Waals surface area contributed by atoms with E-state index in [2.05, 4.69) is 5.32 Å². The molecular weight excluding hydrogens is 322 g/mol. The van der Waals surface area contributed by atoms with Gasteiger partial charge in [-0.15, -0.1) is 11.8 Å². The van der Waals surface area contributed by atoms with E-state index in [9.17, 15) is 4.79 Å². The highest BCUT2D eigenvalue weighted by Gasteiger charge is 2.14. The number of rotatable bonds is 8. The molecule has 116 valence electrons. The van der Waals surface area contributed by atoms with Gasteiger partial charge in [-0.25, -0.2) is 0 Å². The Kier molecular flexibility index (Phi) is 7.83. The van der Waals surface area contributed by atoms with Crippen LogP contribution in [0.5, 0.6) is 0 Å². The van der Waals surface area contributed by atoms with Crippen molar-refractivity contribution in [3.05, 3.63) is 29.3 Å². The van der Waals surface area contributed by atoms with E-state index < -0.39 is 0 Å². The summed E-state index contributed by atoms with van der Waals surface area (Å²) in [5, 5.41) is 4.59. The first kappa shape index (κ1) is 17.0. The van der Waals surface area contributed by atoms with Crippen molar-refractivity contribution in [2.45, 2.75) is 42.2 Å². The Morgan fingerprint density at radius 3 is 2.62 bits per heavy atom. The molecule has 1 saturated carbocycles. The van der Waals surface area contributed by atoms with E-state index in [1.165, 1.54) is 25.7 Å². The van der Waals surface area contributed by atoms with Gasteiger partial charge in [0, 0.05) is 39.6 Å². The van der Waals surface area contributed by atoms with E-state index in [1.807, 2.05) is 36.0 Å². The fourth-order valence-electron chi connectivity index (χ4n) is 2.35. The highest BCUT2D eigenvalue weighted by atomic mass is 35.5. The monoisotopic (exact) mass is 343 g/mol. The molecule has 0 spiro atoms. The quantitative estimate of drug-likeness (QED) is 0.552. The number of hydrogen-bond donors (Lipinski definition) is 1. The van der Waals surface area contributed by atoms with E-state index in [0.29, 0.717) is 6.42 Å². The molecule has 1 aromatic rings. The maximum atomic E-state index is 11.7. The third kappa shape index (κ3) is 6.98. The van der Waals surface area contributed by atoms with E-state index >= 15 is 0 Å². The smallest absolute Gasteiger partial charge is 0.220 e. The van der Waals surface area contributed by atoms with Crippen molar-refractivity contribution < 1.29 is 4.79 Å². The first-order valence-corrected chi connectivity index (χ1v) is 9.92. The van der Waals surface area contributed by atoms with Crippen LogP contribution in [0.1, 0.15) is 32.1 Å². The van der Waals surface area contributed by atoms with Crippen molar-refractivity contribution in [2.24, 2.45) is 0 Å². The summed E-state index contributed by atoms with van der Waals surface area (Å²) in [6, 6.07) is 7.74. The molecule has 5 heteroatoms. The number of benzene rings is 1. The lowest BCUT2D eigenvalue weighted by molar-refractivity contribution is -0.120. The summed E-state index contributed by atoms with van der Waals surface area (Å²) < 4.78 is 0. The van der Waals surface area contributed by atoms with Gasteiger partial charge in [0.15, 0.2) is 0 Å². The van der Waals surface area contributed by atoms with Crippen LogP contribution in [0.3, 0.4) is 0 Å². The second-order valence-corrected chi connectivity index (χ2v) is 8.19. The van der Waals surface area contributed by atoms with Crippen molar-refractivity contribution >= 4 is 41.0 Å². The summed E-state index contributed by atoms with van der Waals surface area (Å²) in [4.78, 5) is 12.9. The number of hydrogen-bond acceptors (Lipinski definition) is 3. The van der Waals surface area contributed by atoms with Gasteiger partial charge < -0.3 is 5.32 Å². The minimum Gasteiger partial charge on any atom is -0.355 e. The summed E-state index contributed by atoms with van der Waals surface area (Å²) in [6.45, 7) is 0.797. The Hall–Kier alpha value is -0.320. The average Bonchev–Trinajstić information content (AvgIpc) is 2.99. The molecule has 1 fully saturated rings. The summed E-state index contributed by atoms with van der Waals surface area (Å²) in [7, 11) is 0. The Morgan fingerprint density at radius 2 is 1.90 bits per heavy atom. The largest absolute Gasteiger partial charge is 0.355 e. The van der Waals surface area contributed by atoms with Crippen LogP contribution in [-0.2, 0) is 4.79 Å². The van der Waals surface area contributed by atoms with Crippen LogP contribution >= 0.6 is 35.1 Å². The molecule has 0 unspecified atom stereocenters.